The third-order valence-electron chi connectivity index (χ3n) is 4.61. The van der Waals surface area contributed by atoms with Crippen molar-refractivity contribution in [3.63, 3.8) is 0 Å². The Labute approximate surface area is 163 Å². The predicted octanol–water partition coefficient (Wildman–Crippen LogP) is 2.50. The molecule has 1 amide bonds. The Balaban J connectivity index is 1.82. The number of nitrogens with one attached hydrogen (secondary N) is 1. The van der Waals surface area contributed by atoms with E-state index in [0.717, 1.165) is 36.6 Å². The third kappa shape index (κ3) is 4.39. The molecule has 1 aromatic carbocycles. The van der Waals surface area contributed by atoms with Gasteiger partial charge in [-0.1, -0.05) is 6.07 Å². The van der Waals surface area contributed by atoms with Gasteiger partial charge in [-0.3, -0.25) is 4.79 Å². The first-order chi connectivity index (χ1) is 13.4. The Morgan fingerprint density at radius 1 is 1.21 bits per heavy atom. The van der Waals surface area contributed by atoms with Crippen LogP contribution < -0.4 is 15.1 Å². The van der Waals surface area contributed by atoms with Gasteiger partial charge in [-0.2, -0.15) is 0 Å². The summed E-state index contributed by atoms with van der Waals surface area (Å²) in [5.41, 5.74) is 1.74. The maximum Gasteiger partial charge on any atom is 0.255 e. The highest BCUT2D eigenvalue weighted by Crippen LogP contribution is 2.26. The SMILES string of the molecule is Cc1cc(N2CCOCC2)nc(N(C)C)c1C(=O)NCc1ccc(F)c(F)c1. The van der Waals surface area contributed by atoms with Crippen molar-refractivity contribution in [1.82, 2.24) is 10.3 Å². The van der Waals surface area contributed by atoms with Crippen molar-refractivity contribution < 1.29 is 18.3 Å². The van der Waals surface area contributed by atoms with Crippen LogP contribution in [-0.4, -0.2) is 51.3 Å². The van der Waals surface area contributed by atoms with E-state index in [2.05, 4.69) is 15.2 Å². The molecule has 28 heavy (non-hydrogen) atoms. The lowest BCUT2D eigenvalue weighted by Gasteiger charge is -2.29. The van der Waals surface area contributed by atoms with Crippen LogP contribution in [0.15, 0.2) is 24.3 Å². The zero-order chi connectivity index (χ0) is 20.3. The summed E-state index contributed by atoms with van der Waals surface area (Å²) in [7, 11) is 3.66. The lowest BCUT2D eigenvalue weighted by atomic mass is 10.1. The van der Waals surface area contributed by atoms with Crippen molar-refractivity contribution in [2.75, 3.05) is 50.2 Å². The minimum absolute atomic E-state index is 0.0908. The van der Waals surface area contributed by atoms with Crippen LogP contribution in [0, 0.1) is 18.6 Å². The molecule has 2 heterocycles. The summed E-state index contributed by atoms with van der Waals surface area (Å²) in [6, 6.07) is 5.46. The zero-order valence-electron chi connectivity index (χ0n) is 16.3. The van der Waals surface area contributed by atoms with E-state index in [-0.39, 0.29) is 12.5 Å². The fraction of sp³-hybridized carbons (Fsp3) is 0.400. The molecule has 1 N–H and O–H groups in total. The first kappa shape index (κ1) is 20.0. The van der Waals surface area contributed by atoms with Gasteiger partial charge in [0.05, 0.1) is 18.8 Å². The standard InChI is InChI=1S/C20H24F2N4O2/c1-13-10-17(26-6-8-28-9-7-26)24-19(25(2)3)18(13)20(27)23-12-14-4-5-15(21)16(22)11-14/h4-5,10-11H,6-9,12H2,1-3H3,(H,23,27). The van der Waals surface area contributed by atoms with Gasteiger partial charge < -0.3 is 19.9 Å². The second-order valence-electron chi connectivity index (χ2n) is 6.92. The molecule has 0 saturated carbocycles. The molecule has 0 bridgehead atoms. The first-order valence-corrected chi connectivity index (χ1v) is 9.10. The summed E-state index contributed by atoms with van der Waals surface area (Å²) < 4.78 is 31.8. The van der Waals surface area contributed by atoms with E-state index in [1.165, 1.54) is 6.07 Å². The molecule has 2 aromatic rings. The summed E-state index contributed by atoms with van der Waals surface area (Å²) in [5.74, 6) is -0.796. The van der Waals surface area contributed by atoms with E-state index in [1.54, 1.807) is 4.90 Å². The molecule has 0 aliphatic carbocycles. The number of benzene rings is 1. The monoisotopic (exact) mass is 390 g/mol. The van der Waals surface area contributed by atoms with Gasteiger partial charge >= 0.3 is 0 Å². The number of rotatable bonds is 5. The number of morpholine rings is 1. The summed E-state index contributed by atoms with van der Waals surface area (Å²) in [6.07, 6.45) is 0. The zero-order valence-corrected chi connectivity index (χ0v) is 16.3. The van der Waals surface area contributed by atoms with Crippen molar-refractivity contribution in [3.8, 4) is 0 Å². The Hall–Kier alpha value is -2.74. The van der Waals surface area contributed by atoms with Gasteiger partial charge in [-0.15, -0.1) is 0 Å². The quantitative estimate of drug-likeness (QED) is 0.850. The highest BCUT2D eigenvalue weighted by molar-refractivity contribution is 6.00. The number of carbonyl (C=O) groups is 1. The molecular weight excluding hydrogens is 366 g/mol. The van der Waals surface area contributed by atoms with Gasteiger partial charge in [0.1, 0.15) is 11.6 Å². The number of anilines is 2. The Bertz CT molecular complexity index is 868. The summed E-state index contributed by atoms with van der Waals surface area (Å²) in [4.78, 5) is 21.4. The van der Waals surface area contributed by atoms with Crippen LogP contribution in [0.2, 0.25) is 0 Å². The molecule has 1 fully saturated rings. The first-order valence-electron chi connectivity index (χ1n) is 9.10. The average Bonchev–Trinajstić information content (AvgIpc) is 2.68. The van der Waals surface area contributed by atoms with E-state index in [9.17, 15) is 13.6 Å². The molecule has 0 radical (unpaired) electrons. The normalized spacial score (nSPS) is 14.1. The van der Waals surface area contributed by atoms with E-state index in [4.69, 9.17) is 4.74 Å². The number of amides is 1. The van der Waals surface area contributed by atoms with Crippen molar-refractivity contribution >= 4 is 17.5 Å². The molecule has 0 unspecified atom stereocenters. The summed E-state index contributed by atoms with van der Waals surface area (Å²) in [5, 5.41) is 2.77. The molecule has 0 spiro atoms. The molecule has 150 valence electrons. The number of aromatic nitrogens is 1. The highest BCUT2D eigenvalue weighted by Gasteiger charge is 2.22. The number of carbonyl (C=O) groups excluding carboxylic acids is 1. The van der Waals surface area contributed by atoms with E-state index in [1.807, 2.05) is 27.1 Å². The lowest BCUT2D eigenvalue weighted by Crippen LogP contribution is -2.37. The van der Waals surface area contributed by atoms with Crippen molar-refractivity contribution in [2.24, 2.45) is 0 Å². The molecule has 1 aliphatic heterocycles. The molecular formula is C20H24F2N4O2. The van der Waals surface area contributed by atoms with Crippen LogP contribution in [0.25, 0.3) is 0 Å². The van der Waals surface area contributed by atoms with Gasteiger partial charge in [0.25, 0.3) is 5.91 Å². The molecule has 3 rings (SSSR count). The summed E-state index contributed by atoms with van der Waals surface area (Å²) >= 11 is 0. The molecule has 1 aromatic heterocycles. The minimum Gasteiger partial charge on any atom is -0.378 e. The van der Waals surface area contributed by atoms with E-state index < -0.39 is 11.6 Å². The topological polar surface area (TPSA) is 57.7 Å². The fourth-order valence-corrected chi connectivity index (χ4v) is 3.12. The van der Waals surface area contributed by atoms with Gasteiger partial charge in [0.2, 0.25) is 0 Å². The largest absolute Gasteiger partial charge is 0.378 e. The van der Waals surface area contributed by atoms with Crippen LogP contribution in [0.5, 0.6) is 0 Å². The molecule has 0 atom stereocenters. The number of nitrogens with zero attached hydrogens (tertiary/aromatic N) is 3. The third-order valence-corrected chi connectivity index (χ3v) is 4.61. The molecule has 1 aliphatic rings. The Kier molecular flexibility index (Phi) is 6.08. The molecule has 1 saturated heterocycles. The smallest absolute Gasteiger partial charge is 0.255 e. The number of hydrogen-bond acceptors (Lipinski definition) is 5. The van der Waals surface area contributed by atoms with Crippen LogP contribution in [-0.2, 0) is 11.3 Å². The Morgan fingerprint density at radius 3 is 2.57 bits per heavy atom. The van der Waals surface area contributed by atoms with Crippen LogP contribution in [0.3, 0.4) is 0 Å². The summed E-state index contributed by atoms with van der Waals surface area (Å²) in [6.45, 7) is 4.75. The Morgan fingerprint density at radius 2 is 1.93 bits per heavy atom. The fourth-order valence-electron chi connectivity index (χ4n) is 3.12. The molecule has 6 nitrogen and oxygen atoms in total. The van der Waals surface area contributed by atoms with Crippen molar-refractivity contribution in [1.29, 1.82) is 0 Å². The minimum atomic E-state index is -0.937. The number of pyridine rings is 1. The van der Waals surface area contributed by atoms with Gasteiger partial charge in [-0.25, -0.2) is 13.8 Å². The number of ether oxygens (including phenoxy) is 1. The van der Waals surface area contributed by atoms with Crippen LogP contribution >= 0.6 is 0 Å². The number of aryl methyl sites for hydroxylation is 1. The van der Waals surface area contributed by atoms with Gasteiger partial charge in [0, 0.05) is 33.7 Å². The maximum atomic E-state index is 13.4. The second-order valence-corrected chi connectivity index (χ2v) is 6.92. The van der Waals surface area contributed by atoms with Crippen LogP contribution in [0.1, 0.15) is 21.5 Å². The number of halogens is 2. The molecule has 8 heteroatoms. The van der Waals surface area contributed by atoms with E-state index in [0.29, 0.717) is 30.2 Å². The average molecular weight is 390 g/mol. The van der Waals surface area contributed by atoms with Crippen LogP contribution in [0.4, 0.5) is 20.4 Å². The number of hydrogen-bond donors (Lipinski definition) is 1. The highest BCUT2D eigenvalue weighted by atomic mass is 19.2. The van der Waals surface area contributed by atoms with Crippen molar-refractivity contribution in [3.05, 3.63) is 52.6 Å². The second kappa shape index (κ2) is 8.52. The predicted molar refractivity (Wildman–Crippen MR) is 104 cm³/mol. The van der Waals surface area contributed by atoms with Gasteiger partial charge in [0.15, 0.2) is 11.6 Å². The van der Waals surface area contributed by atoms with E-state index >= 15 is 0 Å². The van der Waals surface area contributed by atoms with Crippen molar-refractivity contribution in [2.45, 2.75) is 13.5 Å². The van der Waals surface area contributed by atoms with Gasteiger partial charge in [-0.05, 0) is 36.2 Å². The maximum absolute atomic E-state index is 13.4. The lowest BCUT2D eigenvalue weighted by molar-refractivity contribution is 0.0950.